The first-order valence-corrected chi connectivity index (χ1v) is 13.7. The number of aryl methyl sites for hydroxylation is 1. The van der Waals surface area contributed by atoms with Gasteiger partial charge in [-0.3, -0.25) is 4.79 Å². The van der Waals surface area contributed by atoms with Crippen LogP contribution in [-0.2, 0) is 15.1 Å². The number of halogens is 1. The zero-order valence-electron chi connectivity index (χ0n) is 22.4. The lowest BCUT2D eigenvalue weighted by atomic mass is 9.73. The number of hydrogen-bond acceptors (Lipinski definition) is 6. The Bertz CT molecular complexity index is 1090. The molecule has 7 nitrogen and oxygen atoms in total. The molecule has 208 valence electrons. The Morgan fingerprint density at radius 2 is 1.97 bits per heavy atom. The van der Waals surface area contributed by atoms with Crippen molar-refractivity contribution in [2.75, 3.05) is 26.8 Å². The maximum Gasteiger partial charge on any atom is 0.225 e. The molecule has 4 N–H and O–H groups in total. The molecule has 1 aliphatic carbocycles. The highest BCUT2D eigenvalue weighted by Gasteiger charge is 2.44. The van der Waals surface area contributed by atoms with Gasteiger partial charge in [0.25, 0.3) is 0 Å². The summed E-state index contributed by atoms with van der Waals surface area (Å²) in [5.41, 5.74) is 6.14. The highest BCUT2D eigenvalue weighted by atomic mass is 19.1. The summed E-state index contributed by atoms with van der Waals surface area (Å²) in [5.74, 6) is -0.0276. The van der Waals surface area contributed by atoms with E-state index in [0.717, 1.165) is 31.2 Å². The molecule has 1 saturated carbocycles. The van der Waals surface area contributed by atoms with Gasteiger partial charge in [-0.15, -0.1) is 0 Å². The normalized spacial score (nSPS) is 25.3. The van der Waals surface area contributed by atoms with E-state index in [4.69, 9.17) is 15.2 Å². The van der Waals surface area contributed by atoms with Crippen molar-refractivity contribution < 1.29 is 28.9 Å². The average molecular weight is 529 g/mol. The Labute approximate surface area is 224 Å². The van der Waals surface area contributed by atoms with E-state index in [0.29, 0.717) is 56.0 Å². The summed E-state index contributed by atoms with van der Waals surface area (Å²) < 4.78 is 25.5. The molecule has 38 heavy (non-hydrogen) atoms. The topological polar surface area (TPSA) is 105 Å². The Morgan fingerprint density at radius 3 is 2.71 bits per heavy atom. The van der Waals surface area contributed by atoms with Gasteiger partial charge in [-0.1, -0.05) is 24.3 Å². The second kappa shape index (κ2) is 12.6. The molecule has 0 bridgehead atoms. The third-order valence-electron chi connectivity index (χ3n) is 8.21. The summed E-state index contributed by atoms with van der Waals surface area (Å²) in [7, 11) is 1.66. The monoisotopic (exact) mass is 528 g/mol. The number of methoxy groups -OCH3 is 1. The largest absolute Gasteiger partial charge is 0.457 e. The molecule has 0 spiro atoms. The first-order chi connectivity index (χ1) is 18.2. The molecule has 0 aromatic heterocycles. The van der Waals surface area contributed by atoms with Gasteiger partial charge in [-0.05, 0) is 69.6 Å². The van der Waals surface area contributed by atoms with E-state index in [1.54, 1.807) is 19.2 Å². The molecule has 5 atom stereocenters. The Morgan fingerprint density at radius 1 is 1.18 bits per heavy atom. The van der Waals surface area contributed by atoms with Gasteiger partial charge in [0, 0.05) is 56.3 Å². The van der Waals surface area contributed by atoms with E-state index < -0.39 is 17.5 Å². The van der Waals surface area contributed by atoms with Crippen LogP contribution in [0.3, 0.4) is 0 Å². The molecule has 1 unspecified atom stereocenters. The van der Waals surface area contributed by atoms with E-state index in [1.807, 2.05) is 30.0 Å². The van der Waals surface area contributed by atoms with Gasteiger partial charge in [-0.2, -0.15) is 0 Å². The van der Waals surface area contributed by atoms with Crippen molar-refractivity contribution in [1.29, 1.82) is 0 Å². The fourth-order valence-electron chi connectivity index (χ4n) is 5.99. The highest BCUT2D eigenvalue weighted by Crippen LogP contribution is 2.45. The summed E-state index contributed by atoms with van der Waals surface area (Å²) in [5, 5.41) is 22.5. The van der Waals surface area contributed by atoms with Gasteiger partial charge in [-0.25, -0.2) is 4.39 Å². The Hall–Kier alpha value is -2.52. The molecule has 2 aromatic carbocycles. The van der Waals surface area contributed by atoms with Crippen LogP contribution in [0.1, 0.15) is 56.1 Å². The highest BCUT2D eigenvalue weighted by molar-refractivity contribution is 5.79. The number of nitrogens with zero attached hydrogens (tertiary/aromatic N) is 1. The van der Waals surface area contributed by atoms with Crippen molar-refractivity contribution in [1.82, 2.24) is 4.90 Å². The number of aliphatic hydroxyl groups excluding tert-OH is 1. The lowest BCUT2D eigenvalue weighted by molar-refractivity contribution is -0.141. The molecule has 1 amide bonds. The van der Waals surface area contributed by atoms with Gasteiger partial charge in [0.05, 0.1) is 11.7 Å². The fraction of sp³-hybridized carbons (Fsp3) is 0.567. The van der Waals surface area contributed by atoms with E-state index in [-0.39, 0.29) is 23.8 Å². The average Bonchev–Trinajstić information content (AvgIpc) is 3.26. The van der Waals surface area contributed by atoms with Gasteiger partial charge in [0.1, 0.15) is 17.3 Å². The van der Waals surface area contributed by atoms with Crippen LogP contribution in [0.2, 0.25) is 0 Å². The second-order valence-corrected chi connectivity index (χ2v) is 10.9. The molecule has 2 aromatic rings. The van der Waals surface area contributed by atoms with Crippen LogP contribution in [0.5, 0.6) is 11.5 Å². The van der Waals surface area contributed by atoms with E-state index in [9.17, 15) is 19.4 Å². The zero-order valence-corrected chi connectivity index (χ0v) is 22.4. The van der Waals surface area contributed by atoms with Crippen LogP contribution in [0.4, 0.5) is 4.39 Å². The molecule has 2 aliphatic rings. The summed E-state index contributed by atoms with van der Waals surface area (Å²) >= 11 is 0. The number of benzene rings is 2. The summed E-state index contributed by atoms with van der Waals surface area (Å²) in [4.78, 5) is 15.2. The maximum absolute atomic E-state index is 14.0. The van der Waals surface area contributed by atoms with Crippen LogP contribution >= 0.6 is 0 Å². The smallest absolute Gasteiger partial charge is 0.225 e. The quantitative estimate of drug-likeness (QED) is 0.398. The second-order valence-electron chi connectivity index (χ2n) is 10.9. The predicted molar refractivity (Wildman–Crippen MR) is 143 cm³/mol. The Balaban J connectivity index is 1.62. The lowest BCUT2D eigenvalue weighted by Crippen LogP contribution is -2.49. The zero-order chi connectivity index (χ0) is 27.3. The van der Waals surface area contributed by atoms with Crippen LogP contribution in [0.25, 0.3) is 0 Å². The number of likely N-dealkylation sites (tertiary alicyclic amines) is 1. The van der Waals surface area contributed by atoms with E-state index in [1.165, 1.54) is 12.1 Å². The Kier molecular flexibility index (Phi) is 9.41. The summed E-state index contributed by atoms with van der Waals surface area (Å²) in [6.45, 7) is 3.48. The molecule has 1 aliphatic heterocycles. The molecule has 2 fully saturated rings. The molecule has 1 saturated heterocycles. The number of para-hydroxylation sites is 1. The van der Waals surface area contributed by atoms with Crippen molar-refractivity contribution in [3.8, 4) is 11.5 Å². The number of rotatable bonds is 10. The molecule has 1 heterocycles. The lowest BCUT2D eigenvalue weighted by Gasteiger charge is -2.44. The number of hydrogen-bond donors (Lipinski definition) is 3. The number of nitrogens with two attached hydrogens (primary N) is 1. The number of piperidine rings is 1. The SMILES string of the molecule is COCCCC[C@@](O)(c1ccccc1Oc1cc(F)ccc1C)C1CCCN(C(=O)[C@H]2C[C@@H](N)[C@@H](O)C2)C1. The minimum atomic E-state index is -1.27. The van der Waals surface area contributed by atoms with E-state index in [2.05, 4.69) is 0 Å². The number of unbranched alkanes of at least 4 members (excludes halogenated alkanes) is 1. The summed E-state index contributed by atoms with van der Waals surface area (Å²) in [6, 6.07) is 11.4. The number of aliphatic hydroxyl groups is 2. The van der Waals surface area contributed by atoms with Crippen LogP contribution in [0, 0.1) is 24.6 Å². The van der Waals surface area contributed by atoms with Crippen LogP contribution in [0.15, 0.2) is 42.5 Å². The van der Waals surface area contributed by atoms with Crippen molar-refractivity contribution in [2.45, 2.75) is 69.6 Å². The van der Waals surface area contributed by atoms with Gasteiger partial charge in [0.15, 0.2) is 0 Å². The third-order valence-corrected chi connectivity index (χ3v) is 8.21. The molecule has 0 radical (unpaired) electrons. The van der Waals surface area contributed by atoms with Crippen molar-refractivity contribution in [3.05, 3.63) is 59.4 Å². The third kappa shape index (κ3) is 6.37. The van der Waals surface area contributed by atoms with Crippen LogP contribution < -0.4 is 10.5 Å². The maximum atomic E-state index is 14.0. The summed E-state index contributed by atoms with van der Waals surface area (Å²) in [6.07, 6.45) is 3.72. The molecular formula is C30H41FN2O5. The number of carbonyl (C=O) groups excluding carboxylic acids is 1. The van der Waals surface area contributed by atoms with Gasteiger partial charge < -0.3 is 30.3 Å². The fourth-order valence-corrected chi connectivity index (χ4v) is 5.99. The first kappa shape index (κ1) is 28.5. The molecule has 4 rings (SSSR count). The minimum Gasteiger partial charge on any atom is -0.457 e. The first-order valence-electron chi connectivity index (χ1n) is 13.7. The number of carbonyl (C=O) groups is 1. The van der Waals surface area contributed by atoms with Crippen molar-refractivity contribution >= 4 is 5.91 Å². The van der Waals surface area contributed by atoms with Crippen molar-refractivity contribution in [3.63, 3.8) is 0 Å². The number of ether oxygens (including phenoxy) is 2. The van der Waals surface area contributed by atoms with Crippen LogP contribution in [-0.4, -0.2) is 60.0 Å². The van der Waals surface area contributed by atoms with E-state index >= 15 is 0 Å². The molecule has 8 heteroatoms. The standard InChI is InChI=1S/C30H41FN2O5/c1-20-11-12-23(31)18-28(20)38-27-10-4-3-9-24(27)30(36,13-5-6-15-37-2)22-8-7-14-33(19-22)29(35)21-16-25(32)26(34)17-21/h3-4,9-12,18,21-22,25-26,34,36H,5-8,13-17,19,32H2,1-2H3/t21-,22?,25+,26-,30-/m0/s1. The minimum absolute atomic E-state index is 0.00311. The van der Waals surface area contributed by atoms with Crippen molar-refractivity contribution in [2.24, 2.45) is 17.6 Å². The molecular weight excluding hydrogens is 487 g/mol. The predicted octanol–water partition coefficient (Wildman–Crippen LogP) is 4.27. The number of amides is 1. The van der Waals surface area contributed by atoms with Gasteiger partial charge in [0.2, 0.25) is 5.91 Å². The van der Waals surface area contributed by atoms with Gasteiger partial charge >= 0.3 is 0 Å².